The number of nitrogens with one attached hydrogen (secondary N) is 1. The molecule has 1 aliphatic heterocycles. The molecule has 0 aliphatic carbocycles. The Bertz CT molecular complexity index is 352. The molecule has 0 aromatic heterocycles. The molecule has 0 saturated carbocycles. The summed E-state index contributed by atoms with van der Waals surface area (Å²) in [5, 5.41) is 0. The van der Waals surface area contributed by atoms with E-state index in [0.29, 0.717) is 5.69 Å². The Morgan fingerprint density at radius 3 is 2.73 bits per heavy atom. The molecule has 58 valence electrons. The monoisotopic (exact) mass is 169 g/mol. The van der Waals surface area contributed by atoms with Crippen LogP contribution in [0, 0.1) is 0 Å². The molecule has 1 aromatic carbocycles. The summed E-state index contributed by atoms with van der Waals surface area (Å²) in [7, 11) is -3.06. The highest BCUT2D eigenvalue weighted by Crippen LogP contribution is 2.25. The third-order valence-electron chi connectivity index (χ3n) is 1.63. The number of fused-ring (bicyclic) bond motifs is 1. The summed E-state index contributed by atoms with van der Waals surface area (Å²) in [4.78, 5) is 0. The van der Waals surface area contributed by atoms with Crippen LogP contribution in [0.1, 0.15) is 5.56 Å². The summed E-state index contributed by atoms with van der Waals surface area (Å²) in [6.45, 7) is 0. The Morgan fingerprint density at radius 1 is 1.27 bits per heavy atom. The second kappa shape index (κ2) is 1.98. The van der Waals surface area contributed by atoms with E-state index in [2.05, 4.69) is 4.72 Å². The van der Waals surface area contributed by atoms with Crippen molar-refractivity contribution in [2.24, 2.45) is 0 Å². The summed E-state index contributed by atoms with van der Waals surface area (Å²) in [6, 6.07) is 7.22. The van der Waals surface area contributed by atoms with Crippen molar-refractivity contribution in [3.63, 3.8) is 0 Å². The predicted molar refractivity (Wildman–Crippen MR) is 42.7 cm³/mol. The van der Waals surface area contributed by atoms with E-state index in [0.717, 1.165) is 5.56 Å². The number of benzene rings is 1. The van der Waals surface area contributed by atoms with E-state index < -0.39 is 10.0 Å². The molecule has 11 heavy (non-hydrogen) atoms. The van der Waals surface area contributed by atoms with Crippen molar-refractivity contribution in [1.82, 2.24) is 0 Å². The van der Waals surface area contributed by atoms with Crippen molar-refractivity contribution in [2.75, 3.05) is 4.72 Å². The topological polar surface area (TPSA) is 46.2 Å². The van der Waals surface area contributed by atoms with E-state index in [-0.39, 0.29) is 5.75 Å². The van der Waals surface area contributed by atoms with Gasteiger partial charge in [0.2, 0.25) is 10.0 Å². The van der Waals surface area contributed by atoms with E-state index in [1.165, 1.54) is 0 Å². The number of sulfonamides is 1. The van der Waals surface area contributed by atoms with E-state index in [9.17, 15) is 8.42 Å². The van der Waals surface area contributed by atoms with Gasteiger partial charge in [0.1, 0.15) is 0 Å². The van der Waals surface area contributed by atoms with Crippen LogP contribution in [0.5, 0.6) is 0 Å². The minimum Gasteiger partial charge on any atom is -0.283 e. The SMILES string of the molecule is O=S1(=O)Cc2ccccc2N1. The lowest BCUT2D eigenvalue weighted by Crippen LogP contribution is -2.05. The molecule has 3 nitrogen and oxygen atoms in total. The van der Waals surface area contributed by atoms with Crippen molar-refractivity contribution >= 4 is 15.7 Å². The van der Waals surface area contributed by atoms with Crippen LogP contribution >= 0.6 is 0 Å². The van der Waals surface area contributed by atoms with Gasteiger partial charge in [-0.25, -0.2) is 8.42 Å². The molecule has 4 heteroatoms. The minimum absolute atomic E-state index is 0.114. The first kappa shape index (κ1) is 6.67. The highest BCUT2D eigenvalue weighted by molar-refractivity contribution is 7.92. The second-order valence-corrected chi connectivity index (χ2v) is 4.24. The maximum atomic E-state index is 11.0. The fourth-order valence-corrected chi connectivity index (χ4v) is 2.42. The van der Waals surface area contributed by atoms with Gasteiger partial charge in [0.05, 0.1) is 11.4 Å². The summed E-state index contributed by atoms with van der Waals surface area (Å²) >= 11 is 0. The van der Waals surface area contributed by atoms with Crippen LogP contribution in [0.4, 0.5) is 5.69 Å². The first-order valence-corrected chi connectivity index (χ1v) is 4.91. The molecule has 0 saturated heterocycles. The van der Waals surface area contributed by atoms with Gasteiger partial charge in [-0.1, -0.05) is 18.2 Å². The van der Waals surface area contributed by atoms with Crippen molar-refractivity contribution in [3.05, 3.63) is 29.8 Å². The van der Waals surface area contributed by atoms with E-state index in [4.69, 9.17) is 0 Å². The van der Waals surface area contributed by atoms with Gasteiger partial charge < -0.3 is 0 Å². The maximum absolute atomic E-state index is 11.0. The molecule has 0 bridgehead atoms. The molecule has 1 aliphatic rings. The predicted octanol–water partition coefficient (Wildman–Crippen LogP) is 0.942. The van der Waals surface area contributed by atoms with E-state index >= 15 is 0 Å². The number of hydrogen-bond donors (Lipinski definition) is 1. The van der Waals surface area contributed by atoms with Crippen molar-refractivity contribution < 1.29 is 8.42 Å². The highest BCUT2D eigenvalue weighted by atomic mass is 32.2. The zero-order valence-corrected chi connectivity index (χ0v) is 6.56. The fraction of sp³-hybridized carbons (Fsp3) is 0.143. The van der Waals surface area contributed by atoms with Gasteiger partial charge in [-0.15, -0.1) is 0 Å². The van der Waals surface area contributed by atoms with Gasteiger partial charge in [-0.2, -0.15) is 0 Å². The summed E-state index contributed by atoms with van der Waals surface area (Å²) in [5.74, 6) is 0.114. The molecule has 0 fully saturated rings. The van der Waals surface area contributed by atoms with Crippen molar-refractivity contribution in [2.45, 2.75) is 5.75 Å². The van der Waals surface area contributed by atoms with Gasteiger partial charge in [-0.3, -0.25) is 4.72 Å². The zero-order chi connectivity index (χ0) is 7.90. The van der Waals surface area contributed by atoms with Gasteiger partial charge in [0.25, 0.3) is 0 Å². The van der Waals surface area contributed by atoms with Crippen molar-refractivity contribution in [3.8, 4) is 0 Å². The first-order chi connectivity index (χ1) is 5.17. The Labute approximate surface area is 65.1 Å². The number of hydrogen-bond acceptors (Lipinski definition) is 2. The lowest BCUT2D eigenvalue weighted by atomic mass is 10.2. The molecule has 0 amide bonds. The minimum atomic E-state index is -3.06. The van der Waals surface area contributed by atoms with Crippen LogP contribution in [0.15, 0.2) is 24.3 Å². The molecular weight excluding hydrogens is 162 g/mol. The van der Waals surface area contributed by atoms with Crippen LogP contribution < -0.4 is 4.72 Å². The Morgan fingerprint density at radius 2 is 2.00 bits per heavy atom. The molecule has 1 aromatic rings. The second-order valence-electron chi connectivity index (χ2n) is 2.52. The first-order valence-electron chi connectivity index (χ1n) is 3.26. The third-order valence-corrected chi connectivity index (χ3v) is 2.85. The Balaban J connectivity index is 2.57. The van der Waals surface area contributed by atoms with Gasteiger partial charge in [0, 0.05) is 0 Å². The van der Waals surface area contributed by atoms with Crippen molar-refractivity contribution in [1.29, 1.82) is 0 Å². The molecule has 0 radical (unpaired) electrons. The maximum Gasteiger partial charge on any atom is 0.237 e. The fourth-order valence-electron chi connectivity index (χ4n) is 1.15. The highest BCUT2D eigenvalue weighted by Gasteiger charge is 2.21. The number of para-hydroxylation sites is 1. The summed E-state index contributed by atoms with van der Waals surface area (Å²) in [6.07, 6.45) is 0. The molecule has 0 atom stereocenters. The number of rotatable bonds is 0. The quantitative estimate of drug-likeness (QED) is 0.628. The van der Waals surface area contributed by atoms with Gasteiger partial charge in [-0.05, 0) is 11.6 Å². The van der Waals surface area contributed by atoms with Crippen LogP contribution in [0.3, 0.4) is 0 Å². The van der Waals surface area contributed by atoms with Crippen LogP contribution in [0.25, 0.3) is 0 Å². The molecule has 1 N–H and O–H groups in total. The van der Waals surface area contributed by atoms with E-state index in [1.807, 2.05) is 18.2 Å². The zero-order valence-electron chi connectivity index (χ0n) is 5.74. The van der Waals surface area contributed by atoms with Crippen LogP contribution in [-0.4, -0.2) is 8.42 Å². The lowest BCUT2D eigenvalue weighted by Gasteiger charge is -1.93. The molecule has 0 spiro atoms. The van der Waals surface area contributed by atoms with Crippen LogP contribution in [-0.2, 0) is 15.8 Å². The van der Waals surface area contributed by atoms with Gasteiger partial charge >= 0.3 is 0 Å². The third kappa shape index (κ3) is 1.09. The summed E-state index contributed by atoms with van der Waals surface area (Å²) < 4.78 is 24.4. The normalized spacial score (nSPS) is 18.9. The number of anilines is 1. The van der Waals surface area contributed by atoms with Crippen LogP contribution in [0.2, 0.25) is 0 Å². The molecular formula is C7H7NO2S. The van der Waals surface area contributed by atoms with E-state index in [1.54, 1.807) is 6.07 Å². The Hall–Kier alpha value is -1.03. The average molecular weight is 169 g/mol. The molecule has 2 rings (SSSR count). The molecule has 0 unspecified atom stereocenters. The average Bonchev–Trinajstić information content (AvgIpc) is 2.21. The lowest BCUT2D eigenvalue weighted by molar-refractivity contribution is 0.602. The summed E-state index contributed by atoms with van der Waals surface area (Å²) in [5.41, 5.74) is 1.57. The standard InChI is InChI=1S/C7H7NO2S/c9-11(10)5-6-3-1-2-4-7(6)8-11/h1-4,8H,5H2. The largest absolute Gasteiger partial charge is 0.283 e. The van der Waals surface area contributed by atoms with Gasteiger partial charge in [0.15, 0.2) is 0 Å². The molecule has 1 heterocycles. The smallest absolute Gasteiger partial charge is 0.237 e. The Kier molecular flexibility index (Phi) is 1.20.